The Kier molecular flexibility index (Phi) is 6.75. The predicted octanol–water partition coefficient (Wildman–Crippen LogP) is 4.82. The van der Waals surface area contributed by atoms with Gasteiger partial charge in [0.05, 0.1) is 35.3 Å². The largest absolute Gasteiger partial charge is 0.497 e. The fraction of sp³-hybridized carbons (Fsp3) is 0.217. The van der Waals surface area contributed by atoms with Crippen molar-refractivity contribution in [3.63, 3.8) is 0 Å². The number of thiazole rings is 1. The molecule has 0 fully saturated rings. The first kappa shape index (κ1) is 22.9. The van der Waals surface area contributed by atoms with Gasteiger partial charge in [-0.2, -0.15) is 0 Å². The van der Waals surface area contributed by atoms with Crippen LogP contribution in [0.3, 0.4) is 0 Å². The lowest BCUT2D eigenvalue weighted by Crippen LogP contribution is -2.30. The molecule has 0 N–H and O–H groups in total. The molecule has 0 bridgehead atoms. The molecule has 0 atom stereocenters. The van der Waals surface area contributed by atoms with E-state index in [1.54, 1.807) is 36.4 Å². The number of halogens is 1. The minimum Gasteiger partial charge on any atom is -0.497 e. The van der Waals surface area contributed by atoms with Gasteiger partial charge in [-0.05, 0) is 55.0 Å². The topological polar surface area (TPSA) is 89.7 Å². The first-order chi connectivity index (χ1) is 15.9. The number of fused-ring (bicyclic) bond motifs is 1. The number of furan rings is 1. The maximum atomic E-state index is 14.1. The predicted molar refractivity (Wildman–Crippen MR) is 124 cm³/mol. The second-order valence-electron chi connectivity index (χ2n) is 7.24. The number of carbonyl (C=O) groups is 1. The lowest BCUT2D eigenvalue weighted by Gasteiger charge is -2.18. The standard InChI is InChI=1S/C23H21FN2O5S2/c1-30-16-9-11-18(12-10-16)33(28,29)14-4-8-21(27)26(15-17-5-3-13-31-17)23-25-22-19(24)6-2-7-20(22)32-23/h2-3,5-7,9-13H,4,8,14-15H2,1H3. The maximum Gasteiger partial charge on any atom is 0.229 e. The summed E-state index contributed by atoms with van der Waals surface area (Å²) in [6.45, 7) is 0.110. The van der Waals surface area contributed by atoms with E-state index in [1.807, 2.05) is 0 Å². The van der Waals surface area contributed by atoms with Crippen molar-refractivity contribution in [3.8, 4) is 5.75 Å². The number of para-hydroxylation sites is 1. The van der Waals surface area contributed by atoms with Crippen LogP contribution < -0.4 is 9.64 Å². The zero-order chi connectivity index (χ0) is 23.4. The van der Waals surface area contributed by atoms with Crippen molar-refractivity contribution in [3.05, 3.63) is 72.4 Å². The molecular weight excluding hydrogens is 467 g/mol. The summed E-state index contributed by atoms with van der Waals surface area (Å²) in [7, 11) is -2.05. The molecule has 2 heterocycles. The van der Waals surface area contributed by atoms with Crippen LogP contribution in [0.5, 0.6) is 5.75 Å². The minimum absolute atomic E-state index is 0.0193. The van der Waals surface area contributed by atoms with Gasteiger partial charge in [0, 0.05) is 6.42 Å². The zero-order valence-corrected chi connectivity index (χ0v) is 19.4. The highest BCUT2D eigenvalue weighted by molar-refractivity contribution is 7.91. The first-order valence-electron chi connectivity index (χ1n) is 10.1. The smallest absolute Gasteiger partial charge is 0.229 e. The van der Waals surface area contributed by atoms with E-state index in [9.17, 15) is 17.6 Å². The third kappa shape index (κ3) is 5.23. The molecule has 7 nitrogen and oxygen atoms in total. The molecule has 2 aromatic carbocycles. The van der Waals surface area contributed by atoms with Gasteiger partial charge in [-0.3, -0.25) is 9.69 Å². The number of hydrogen-bond acceptors (Lipinski definition) is 7. The van der Waals surface area contributed by atoms with Crippen LogP contribution in [0.25, 0.3) is 10.2 Å². The quantitative estimate of drug-likeness (QED) is 0.335. The number of hydrogen-bond donors (Lipinski definition) is 0. The third-order valence-electron chi connectivity index (χ3n) is 5.01. The first-order valence-corrected chi connectivity index (χ1v) is 12.6. The zero-order valence-electron chi connectivity index (χ0n) is 17.7. The van der Waals surface area contributed by atoms with E-state index in [0.717, 1.165) is 0 Å². The van der Waals surface area contributed by atoms with Crippen LogP contribution in [0.4, 0.5) is 9.52 Å². The lowest BCUT2D eigenvalue weighted by atomic mass is 10.3. The molecule has 1 amide bonds. The van der Waals surface area contributed by atoms with E-state index < -0.39 is 15.7 Å². The van der Waals surface area contributed by atoms with Gasteiger partial charge >= 0.3 is 0 Å². The monoisotopic (exact) mass is 488 g/mol. The Morgan fingerprint density at radius 1 is 1.15 bits per heavy atom. The molecule has 33 heavy (non-hydrogen) atoms. The van der Waals surface area contributed by atoms with Crippen molar-refractivity contribution in [1.82, 2.24) is 4.98 Å². The number of anilines is 1. The van der Waals surface area contributed by atoms with E-state index >= 15 is 0 Å². The molecular formula is C23H21FN2O5S2. The van der Waals surface area contributed by atoms with Crippen LogP contribution in [0.2, 0.25) is 0 Å². The maximum absolute atomic E-state index is 14.1. The average Bonchev–Trinajstić information content (AvgIpc) is 3.47. The summed E-state index contributed by atoms with van der Waals surface area (Å²) in [5, 5.41) is 0.328. The van der Waals surface area contributed by atoms with Crippen molar-refractivity contribution in [2.24, 2.45) is 0 Å². The number of carbonyl (C=O) groups excluding carboxylic acids is 1. The number of benzene rings is 2. The summed E-state index contributed by atoms with van der Waals surface area (Å²) in [4.78, 5) is 19.0. The summed E-state index contributed by atoms with van der Waals surface area (Å²) in [5.41, 5.74) is 0.192. The normalized spacial score (nSPS) is 11.6. The van der Waals surface area contributed by atoms with E-state index in [2.05, 4.69) is 4.98 Å². The highest BCUT2D eigenvalue weighted by atomic mass is 32.2. The molecule has 4 rings (SSSR count). The highest BCUT2D eigenvalue weighted by Gasteiger charge is 2.23. The van der Waals surface area contributed by atoms with E-state index in [1.165, 1.54) is 47.8 Å². The molecule has 0 saturated carbocycles. The van der Waals surface area contributed by atoms with Gasteiger partial charge in [0.15, 0.2) is 15.0 Å². The van der Waals surface area contributed by atoms with Gasteiger partial charge in [0.2, 0.25) is 5.91 Å². The number of nitrogens with zero attached hydrogens (tertiary/aromatic N) is 2. The summed E-state index contributed by atoms with van der Waals surface area (Å²) >= 11 is 1.19. The second-order valence-corrected chi connectivity index (χ2v) is 10.4. The summed E-state index contributed by atoms with van der Waals surface area (Å²) in [6.07, 6.45) is 1.60. The van der Waals surface area contributed by atoms with Crippen LogP contribution in [0.1, 0.15) is 18.6 Å². The van der Waals surface area contributed by atoms with E-state index in [0.29, 0.717) is 21.3 Å². The average molecular weight is 489 g/mol. The van der Waals surface area contributed by atoms with Gasteiger partial charge in [-0.25, -0.2) is 17.8 Å². The van der Waals surface area contributed by atoms with Crippen molar-refractivity contribution >= 4 is 42.4 Å². The Labute approximate surface area is 194 Å². The van der Waals surface area contributed by atoms with Gasteiger partial charge in [-0.15, -0.1) is 0 Å². The fourth-order valence-corrected chi connectivity index (χ4v) is 5.60. The Hall–Kier alpha value is -3.24. The van der Waals surface area contributed by atoms with Crippen LogP contribution >= 0.6 is 11.3 Å². The van der Waals surface area contributed by atoms with Crippen molar-refractivity contribution in [2.75, 3.05) is 17.8 Å². The van der Waals surface area contributed by atoms with Crippen LogP contribution in [-0.2, 0) is 21.2 Å². The van der Waals surface area contributed by atoms with Crippen molar-refractivity contribution in [1.29, 1.82) is 0 Å². The second kappa shape index (κ2) is 9.72. The SMILES string of the molecule is COc1ccc(S(=O)(=O)CCCC(=O)N(Cc2ccco2)c2nc3c(F)cccc3s2)cc1. The molecule has 0 unspecified atom stereocenters. The van der Waals surface area contributed by atoms with Crippen molar-refractivity contribution in [2.45, 2.75) is 24.3 Å². The highest BCUT2D eigenvalue weighted by Crippen LogP contribution is 2.32. The molecule has 172 valence electrons. The summed E-state index contributed by atoms with van der Waals surface area (Å²) in [6, 6.07) is 14.2. The molecule has 0 radical (unpaired) electrons. The van der Waals surface area contributed by atoms with E-state index in [4.69, 9.17) is 9.15 Å². The summed E-state index contributed by atoms with van der Waals surface area (Å²) < 4.78 is 50.4. The number of rotatable bonds is 9. The minimum atomic E-state index is -3.55. The third-order valence-corrected chi connectivity index (χ3v) is 7.87. The van der Waals surface area contributed by atoms with E-state index in [-0.39, 0.29) is 41.5 Å². The molecule has 0 spiro atoms. The number of amides is 1. The lowest BCUT2D eigenvalue weighted by molar-refractivity contribution is -0.118. The Bertz CT molecular complexity index is 1350. The van der Waals surface area contributed by atoms with Crippen LogP contribution in [-0.4, -0.2) is 32.2 Å². The number of ether oxygens (including phenoxy) is 1. The van der Waals surface area contributed by atoms with Crippen LogP contribution in [0.15, 0.2) is 70.2 Å². The van der Waals surface area contributed by atoms with Gasteiger partial charge in [0.1, 0.15) is 22.8 Å². The van der Waals surface area contributed by atoms with Gasteiger partial charge < -0.3 is 9.15 Å². The molecule has 4 aromatic rings. The Balaban J connectivity index is 1.49. The Morgan fingerprint density at radius 2 is 1.94 bits per heavy atom. The van der Waals surface area contributed by atoms with Gasteiger partial charge in [0.25, 0.3) is 0 Å². The van der Waals surface area contributed by atoms with Gasteiger partial charge in [-0.1, -0.05) is 17.4 Å². The molecule has 0 saturated heterocycles. The molecule has 0 aliphatic heterocycles. The molecule has 0 aliphatic rings. The molecule has 10 heteroatoms. The fourth-order valence-electron chi connectivity index (χ4n) is 3.29. The summed E-state index contributed by atoms with van der Waals surface area (Å²) in [5.74, 6) is 0.120. The number of sulfone groups is 1. The van der Waals surface area contributed by atoms with Crippen LogP contribution in [0, 0.1) is 5.82 Å². The van der Waals surface area contributed by atoms with Crippen molar-refractivity contribution < 1.29 is 26.8 Å². The molecule has 0 aliphatic carbocycles. The molecule has 2 aromatic heterocycles. The Morgan fingerprint density at radius 3 is 2.61 bits per heavy atom. The number of aromatic nitrogens is 1. The number of methoxy groups -OCH3 is 1.